The van der Waals surface area contributed by atoms with Crippen LogP contribution in [0, 0.1) is 29.1 Å². The van der Waals surface area contributed by atoms with Gasteiger partial charge in [0.05, 0.1) is 10.4 Å². The molecule has 10 heteroatoms. The van der Waals surface area contributed by atoms with Crippen LogP contribution in [-0.4, -0.2) is 15.9 Å². The molecule has 0 bridgehead atoms. The highest BCUT2D eigenvalue weighted by atomic mass is 32.1. The zero-order chi connectivity index (χ0) is 18.1. The highest BCUT2D eigenvalue weighted by Gasteiger charge is 2.29. The Morgan fingerprint density at radius 1 is 0.920 bits per heavy atom. The molecule has 0 amide bonds. The van der Waals surface area contributed by atoms with E-state index in [0.29, 0.717) is 10.7 Å². The second kappa shape index (κ2) is 6.55. The SMILES string of the molecule is O=C(Oc1c(F)c(F)c(F)c(F)c1F)c1cnc(-c2cccs2)nc1. The maximum absolute atomic E-state index is 13.5. The Labute approximate surface area is 140 Å². The number of nitrogens with zero attached hydrogens (tertiary/aromatic N) is 2. The molecule has 0 saturated carbocycles. The van der Waals surface area contributed by atoms with Crippen LogP contribution in [0.5, 0.6) is 5.75 Å². The van der Waals surface area contributed by atoms with Crippen molar-refractivity contribution in [1.29, 1.82) is 0 Å². The first-order chi connectivity index (χ1) is 11.9. The quantitative estimate of drug-likeness (QED) is 0.228. The average molecular weight is 372 g/mol. The standard InChI is InChI=1S/C15H5F5N2O2S/c16-8-9(17)11(19)13(12(20)10(8)18)24-15(23)6-4-21-14(22-5-6)7-2-1-3-25-7/h1-5H. The summed E-state index contributed by atoms with van der Waals surface area (Å²) in [6.07, 6.45) is 2.02. The third-order valence-electron chi connectivity index (χ3n) is 2.99. The Kier molecular flexibility index (Phi) is 4.45. The number of ether oxygens (including phenoxy) is 1. The smallest absolute Gasteiger partial charge is 0.346 e. The van der Waals surface area contributed by atoms with Gasteiger partial charge in [0.1, 0.15) is 0 Å². The molecule has 3 aromatic rings. The monoisotopic (exact) mass is 372 g/mol. The van der Waals surface area contributed by atoms with E-state index in [4.69, 9.17) is 0 Å². The molecule has 25 heavy (non-hydrogen) atoms. The van der Waals surface area contributed by atoms with Gasteiger partial charge in [0.15, 0.2) is 5.82 Å². The third kappa shape index (κ3) is 3.07. The van der Waals surface area contributed by atoms with Gasteiger partial charge in [-0.15, -0.1) is 11.3 Å². The molecule has 0 spiro atoms. The van der Waals surface area contributed by atoms with Crippen molar-refractivity contribution in [2.45, 2.75) is 0 Å². The van der Waals surface area contributed by atoms with E-state index in [-0.39, 0.29) is 5.56 Å². The summed E-state index contributed by atoms with van der Waals surface area (Å²) in [6.45, 7) is 0. The van der Waals surface area contributed by atoms with Crippen molar-refractivity contribution in [2.75, 3.05) is 0 Å². The van der Waals surface area contributed by atoms with Gasteiger partial charge in [-0.25, -0.2) is 27.9 Å². The highest BCUT2D eigenvalue weighted by Crippen LogP contribution is 2.29. The summed E-state index contributed by atoms with van der Waals surface area (Å²) >= 11 is 1.34. The van der Waals surface area contributed by atoms with E-state index >= 15 is 0 Å². The Balaban J connectivity index is 1.88. The van der Waals surface area contributed by atoms with Crippen molar-refractivity contribution >= 4 is 17.3 Å². The maximum atomic E-state index is 13.5. The number of benzene rings is 1. The summed E-state index contributed by atoms with van der Waals surface area (Å²) < 4.78 is 70.4. The molecule has 0 unspecified atom stereocenters. The number of rotatable bonds is 3. The third-order valence-corrected chi connectivity index (χ3v) is 3.86. The van der Waals surface area contributed by atoms with Crippen LogP contribution in [0.15, 0.2) is 29.9 Å². The van der Waals surface area contributed by atoms with Crippen LogP contribution < -0.4 is 4.74 Å². The van der Waals surface area contributed by atoms with Crippen LogP contribution in [0.1, 0.15) is 10.4 Å². The van der Waals surface area contributed by atoms with Gasteiger partial charge < -0.3 is 4.74 Å². The van der Waals surface area contributed by atoms with E-state index in [1.807, 2.05) is 0 Å². The van der Waals surface area contributed by atoms with Crippen molar-refractivity contribution < 1.29 is 31.5 Å². The molecule has 0 saturated heterocycles. The average Bonchev–Trinajstić information content (AvgIpc) is 3.16. The van der Waals surface area contributed by atoms with Crippen LogP contribution >= 0.6 is 11.3 Å². The van der Waals surface area contributed by atoms with Crippen molar-refractivity contribution in [3.8, 4) is 16.5 Å². The molecule has 0 aliphatic rings. The molecule has 128 valence electrons. The summed E-state index contributed by atoms with van der Waals surface area (Å²) in [5, 5.41) is 1.78. The minimum atomic E-state index is -2.35. The molecule has 0 N–H and O–H groups in total. The van der Waals surface area contributed by atoms with E-state index in [1.165, 1.54) is 11.3 Å². The number of carbonyl (C=O) groups is 1. The van der Waals surface area contributed by atoms with Crippen LogP contribution in [0.4, 0.5) is 22.0 Å². The number of hydrogen-bond acceptors (Lipinski definition) is 5. The number of carbonyl (C=O) groups excluding carboxylic acids is 1. The lowest BCUT2D eigenvalue weighted by Crippen LogP contribution is -2.14. The number of esters is 1. The largest absolute Gasteiger partial charge is 0.416 e. The van der Waals surface area contributed by atoms with Gasteiger partial charge in [-0.3, -0.25) is 0 Å². The van der Waals surface area contributed by atoms with Gasteiger partial charge in [0, 0.05) is 12.4 Å². The van der Waals surface area contributed by atoms with Gasteiger partial charge in [-0.2, -0.15) is 8.78 Å². The number of thiophene rings is 1. The summed E-state index contributed by atoms with van der Waals surface area (Å²) in [7, 11) is 0. The lowest BCUT2D eigenvalue weighted by molar-refractivity contribution is 0.0715. The summed E-state index contributed by atoms with van der Waals surface area (Å²) in [6, 6.07) is 3.49. The first kappa shape index (κ1) is 17.0. The van der Waals surface area contributed by atoms with Gasteiger partial charge in [0.2, 0.25) is 34.8 Å². The second-order valence-corrected chi connectivity index (χ2v) is 5.51. The molecule has 2 heterocycles. The van der Waals surface area contributed by atoms with Gasteiger partial charge >= 0.3 is 5.97 Å². The predicted molar refractivity (Wildman–Crippen MR) is 76.5 cm³/mol. The molecule has 2 aromatic heterocycles. The van der Waals surface area contributed by atoms with Crippen LogP contribution in [0.3, 0.4) is 0 Å². The van der Waals surface area contributed by atoms with E-state index < -0.39 is 40.8 Å². The topological polar surface area (TPSA) is 52.1 Å². The minimum absolute atomic E-state index is 0.294. The van der Waals surface area contributed by atoms with Crippen molar-refractivity contribution in [1.82, 2.24) is 9.97 Å². The number of aromatic nitrogens is 2. The van der Waals surface area contributed by atoms with E-state index in [1.54, 1.807) is 17.5 Å². The fourth-order valence-electron chi connectivity index (χ4n) is 1.79. The molecule has 0 aliphatic heterocycles. The minimum Gasteiger partial charge on any atom is -0.416 e. The van der Waals surface area contributed by atoms with Gasteiger partial charge in [-0.05, 0) is 11.4 Å². The van der Waals surface area contributed by atoms with Crippen molar-refractivity contribution in [3.63, 3.8) is 0 Å². The highest BCUT2D eigenvalue weighted by molar-refractivity contribution is 7.13. The fourth-order valence-corrected chi connectivity index (χ4v) is 2.46. The Morgan fingerprint density at radius 3 is 2.00 bits per heavy atom. The molecule has 1 aromatic carbocycles. The number of hydrogen-bond donors (Lipinski definition) is 0. The summed E-state index contributed by atoms with van der Waals surface area (Å²) in [5.74, 6) is -14.1. The second-order valence-electron chi connectivity index (χ2n) is 4.56. The molecule has 3 rings (SSSR count). The van der Waals surface area contributed by atoms with E-state index in [0.717, 1.165) is 12.4 Å². The first-order valence-corrected chi connectivity index (χ1v) is 7.37. The fraction of sp³-hybridized carbons (Fsp3) is 0. The number of halogens is 5. The Bertz CT molecular complexity index is 917. The maximum Gasteiger partial charge on any atom is 0.346 e. The summed E-state index contributed by atoms with van der Waals surface area (Å²) in [5.41, 5.74) is -0.329. The predicted octanol–water partition coefficient (Wildman–Crippen LogP) is 4.12. The Morgan fingerprint density at radius 2 is 1.48 bits per heavy atom. The van der Waals surface area contributed by atoms with E-state index in [9.17, 15) is 26.7 Å². The zero-order valence-electron chi connectivity index (χ0n) is 11.9. The molecule has 0 fully saturated rings. The summed E-state index contributed by atoms with van der Waals surface area (Å²) in [4.78, 5) is 20.3. The van der Waals surface area contributed by atoms with E-state index in [2.05, 4.69) is 14.7 Å². The molecule has 4 nitrogen and oxygen atoms in total. The van der Waals surface area contributed by atoms with Crippen LogP contribution in [0.2, 0.25) is 0 Å². The molecule has 0 aliphatic carbocycles. The van der Waals surface area contributed by atoms with Gasteiger partial charge in [0.25, 0.3) is 0 Å². The lowest BCUT2D eigenvalue weighted by atomic mass is 10.2. The molecular weight excluding hydrogens is 367 g/mol. The van der Waals surface area contributed by atoms with Gasteiger partial charge in [-0.1, -0.05) is 6.07 Å². The molecule has 0 radical (unpaired) electrons. The van der Waals surface area contributed by atoms with Crippen LogP contribution in [0.25, 0.3) is 10.7 Å². The van der Waals surface area contributed by atoms with Crippen molar-refractivity contribution in [2.24, 2.45) is 0 Å². The Hall–Kier alpha value is -2.88. The normalized spacial score (nSPS) is 10.8. The van der Waals surface area contributed by atoms with Crippen LogP contribution in [-0.2, 0) is 0 Å². The zero-order valence-corrected chi connectivity index (χ0v) is 12.7. The molecular formula is C15H5F5N2O2S. The first-order valence-electron chi connectivity index (χ1n) is 6.49. The lowest BCUT2D eigenvalue weighted by Gasteiger charge is -2.08. The molecule has 0 atom stereocenters. The van der Waals surface area contributed by atoms with Crippen molar-refractivity contribution in [3.05, 3.63) is 64.6 Å².